The number of rotatable bonds is 4. The molecule has 106 valence electrons. The van der Waals surface area contributed by atoms with Crippen molar-refractivity contribution >= 4 is 15.8 Å². The Kier molecular flexibility index (Phi) is 3.69. The maximum Gasteiger partial charge on any atom is 0.372 e. The van der Waals surface area contributed by atoms with Gasteiger partial charge in [-0.2, -0.15) is 0 Å². The molecule has 0 aromatic carbocycles. The number of aromatic carboxylic acids is 1. The van der Waals surface area contributed by atoms with Gasteiger partial charge in [0.25, 0.3) is 0 Å². The molecule has 1 N–H and O–H groups in total. The van der Waals surface area contributed by atoms with Crippen LogP contribution in [0, 0.1) is 6.92 Å². The number of carboxylic acids is 1. The Morgan fingerprint density at radius 3 is 2.74 bits per heavy atom. The van der Waals surface area contributed by atoms with Crippen molar-refractivity contribution < 1.29 is 22.7 Å². The smallest absolute Gasteiger partial charge is 0.372 e. The van der Waals surface area contributed by atoms with Crippen LogP contribution in [0.15, 0.2) is 10.5 Å². The van der Waals surface area contributed by atoms with Gasteiger partial charge in [-0.15, -0.1) is 0 Å². The van der Waals surface area contributed by atoms with Gasteiger partial charge < -0.3 is 9.52 Å². The van der Waals surface area contributed by atoms with Crippen LogP contribution in [0.4, 0.5) is 0 Å². The maximum atomic E-state index is 11.4. The van der Waals surface area contributed by atoms with Gasteiger partial charge in [-0.05, 0) is 26.5 Å². The van der Waals surface area contributed by atoms with Gasteiger partial charge in [0, 0.05) is 11.6 Å². The van der Waals surface area contributed by atoms with E-state index in [2.05, 4.69) is 0 Å². The summed E-state index contributed by atoms with van der Waals surface area (Å²) in [5.41, 5.74) is 0.579. The third-order valence-corrected chi connectivity index (χ3v) is 5.15. The monoisotopic (exact) mass is 287 g/mol. The molecule has 1 saturated heterocycles. The number of hydrogen-bond donors (Lipinski definition) is 1. The van der Waals surface area contributed by atoms with E-state index in [0.29, 0.717) is 24.3 Å². The normalized spacial score (nSPS) is 21.9. The van der Waals surface area contributed by atoms with Crippen molar-refractivity contribution in [1.29, 1.82) is 0 Å². The van der Waals surface area contributed by atoms with E-state index in [-0.39, 0.29) is 23.3 Å². The molecule has 0 aliphatic carbocycles. The second kappa shape index (κ2) is 4.97. The second-order valence-corrected chi connectivity index (χ2v) is 7.23. The first-order valence-corrected chi connectivity index (χ1v) is 7.84. The van der Waals surface area contributed by atoms with Gasteiger partial charge >= 0.3 is 5.97 Å². The Bertz CT molecular complexity index is 589. The predicted molar refractivity (Wildman–Crippen MR) is 68.9 cm³/mol. The number of carbonyl (C=O) groups is 1. The predicted octanol–water partition coefficient (Wildman–Crippen LogP) is 0.905. The highest BCUT2D eigenvalue weighted by Gasteiger charge is 2.31. The summed E-state index contributed by atoms with van der Waals surface area (Å²) in [6.07, 6.45) is 0.615. The van der Waals surface area contributed by atoms with E-state index in [1.807, 2.05) is 11.9 Å². The number of aryl methyl sites for hydroxylation is 1. The van der Waals surface area contributed by atoms with Crippen molar-refractivity contribution in [2.24, 2.45) is 0 Å². The summed E-state index contributed by atoms with van der Waals surface area (Å²) in [6, 6.07) is 1.66. The molecule has 7 heteroatoms. The van der Waals surface area contributed by atoms with Crippen LogP contribution in [0.3, 0.4) is 0 Å². The van der Waals surface area contributed by atoms with Crippen LogP contribution >= 0.6 is 0 Å². The van der Waals surface area contributed by atoms with Crippen LogP contribution in [0.25, 0.3) is 0 Å². The van der Waals surface area contributed by atoms with Gasteiger partial charge in [-0.25, -0.2) is 13.2 Å². The second-order valence-electron chi connectivity index (χ2n) is 5.00. The summed E-state index contributed by atoms with van der Waals surface area (Å²) in [6.45, 7) is 2.09. The third kappa shape index (κ3) is 3.16. The van der Waals surface area contributed by atoms with Gasteiger partial charge in [0.15, 0.2) is 9.84 Å². The van der Waals surface area contributed by atoms with E-state index in [1.165, 1.54) is 0 Å². The molecule has 1 fully saturated rings. The van der Waals surface area contributed by atoms with Crippen molar-refractivity contribution in [3.05, 3.63) is 23.2 Å². The molecule has 2 rings (SSSR count). The van der Waals surface area contributed by atoms with Gasteiger partial charge in [0.05, 0.1) is 18.1 Å². The molecule has 1 aliphatic rings. The van der Waals surface area contributed by atoms with Gasteiger partial charge in [-0.3, -0.25) is 4.90 Å². The highest BCUT2D eigenvalue weighted by molar-refractivity contribution is 7.91. The van der Waals surface area contributed by atoms with Gasteiger partial charge in [-0.1, -0.05) is 0 Å². The average molecular weight is 287 g/mol. The molecule has 1 unspecified atom stereocenters. The lowest BCUT2D eigenvalue weighted by Gasteiger charge is -2.21. The zero-order chi connectivity index (χ0) is 14.2. The zero-order valence-electron chi connectivity index (χ0n) is 10.9. The first-order chi connectivity index (χ1) is 8.78. The fraction of sp³-hybridized carbons (Fsp3) is 0.583. The van der Waals surface area contributed by atoms with Crippen LogP contribution < -0.4 is 0 Å². The van der Waals surface area contributed by atoms with Crippen LogP contribution in [0.5, 0.6) is 0 Å². The molecular formula is C12H17NO5S. The van der Waals surface area contributed by atoms with E-state index in [9.17, 15) is 13.2 Å². The zero-order valence-corrected chi connectivity index (χ0v) is 11.7. The molecule has 1 aromatic heterocycles. The lowest BCUT2D eigenvalue weighted by Crippen LogP contribution is -2.31. The Labute approximate surface area is 111 Å². The lowest BCUT2D eigenvalue weighted by atomic mass is 10.2. The lowest BCUT2D eigenvalue weighted by molar-refractivity contribution is 0.0657. The molecule has 1 aliphatic heterocycles. The van der Waals surface area contributed by atoms with Crippen molar-refractivity contribution in [1.82, 2.24) is 4.90 Å². The number of hydrogen-bond acceptors (Lipinski definition) is 5. The van der Waals surface area contributed by atoms with E-state index in [0.717, 1.165) is 0 Å². The van der Waals surface area contributed by atoms with Crippen molar-refractivity contribution in [3.8, 4) is 0 Å². The average Bonchev–Trinajstić information content (AvgIpc) is 2.81. The Morgan fingerprint density at radius 1 is 1.58 bits per heavy atom. The topological polar surface area (TPSA) is 87.8 Å². The van der Waals surface area contributed by atoms with Crippen molar-refractivity contribution in [2.75, 3.05) is 18.6 Å². The summed E-state index contributed by atoms with van der Waals surface area (Å²) in [4.78, 5) is 12.8. The SMILES string of the molecule is Cc1cc(CN(C)C2CCS(=O)(=O)C2)oc1C(=O)O. The number of nitrogens with zero attached hydrogens (tertiary/aromatic N) is 1. The van der Waals surface area contributed by atoms with E-state index in [1.54, 1.807) is 13.0 Å². The van der Waals surface area contributed by atoms with Gasteiger partial charge in [0.1, 0.15) is 5.76 Å². The van der Waals surface area contributed by atoms with Crippen LogP contribution in [0.1, 0.15) is 28.3 Å². The third-order valence-electron chi connectivity index (χ3n) is 3.40. The number of furan rings is 1. The molecule has 0 bridgehead atoms. The molecule has 6 nitrogen and oxygen atoms in total. The minimum Gasteiger partial charge on any atom is -0.475 e. The van der Waals surface area contributed by atoms with E-state index in [4.69, 9.17) is 9.52 Å². The first-order valence-electron chi connectivity index (χ1n) is 6.02. The molecule has 1 atom stereocenters. The molecule has 0 spiro atoms. The van der Waals surface area contributed by atoms with Gasteiger partial charge in [0.2, 0.25) is 5.76 Å². The molecule has 19 heavy (non-hydrogen) atoms. The summed E-state index contributed by atoms with van der Waals surface area (Å²) >= 11 is 0. The van der Waals surface area contributed by atoms with Crippen LogP contribution in [-0.4, -0.2) is 49.0 Å². The van der Waals surface area contributed by atoms with Crippen LogP contribution in [0.2, 0.25) is 0 Å². The largest absolute Gasteiger partial charge is 0.475 e. The summed E-state index contributed by atoms with van der Waals surface area (Å²) < 4.78 is 28.1. The fourth-order valence-electron chi connectivity index (χ4n) is 2.34. The molecule has 0 amide bonds. The fourth-order valence-corrected chi connectivity index (χ4v) is 4.14. The molecular weight excluding hydrogens is 270 g/mol. The minimum atomic E-state index is -2.92. The summed E-state index contributed by atoms with van der Waals surface area (Å²) in [5.74, 6) is -0.215. The maximum absolute atomic E-state index is 11.4. The summed E-state index contributed by atoms with van der Waals surface area (Å²) in [5, 5.41) is 8.91. The Morgan fingerprint density at radius 2 is 2.26 bits per heavy atom. The highest BCUT2D eigenvalue weighted by atomic mass is 32.2. The standard InChI is InChI=1S/C12H17NO5S/c1-8-5-10(18-11(8)12(14)15)6-13(2)9-3-4-19(16,17)7-9/h5,9H,3-4,6-7H2,1-2H3,(H,14,15). The first kappa shape index (κ1) is 14.1. The summed E-state index contributed by atoms with van der Waals surface area (Å²) in [7, 11) is -1.09. The number of carboxylic acid groups (broad SMARTS) is 1. The van der Waals surface area contributed by atoms with Crippen molar-refractivity contribution in [3.63, 3.8) is 0 Å². The highest BCUT2D eigenvalue weighted by Crippen LogP contribution is 2.21. The molecule has 1 aromatic rings. The Hall–Kier alpha value is -1.34. The Balaban J connectivity index is 2.05. The van der Waals surface area contributed by atoms with Crippen LogP contribution in [-0.2, 0) is 16.4 Å². The molecule has 0 radical (unpaired) electrons. The van der Waals surface area contributed by atoms with E-state index < -0.39 is 15.8 Å². The number of sulfone groups is 1. The van der Waals surface area contributed by atoms with Crippen molar-refractivity contribution in [2.45, 2.75) is 25.9 Å². The quantitative estimate of drug-likeness (QED) is 0.885. The minimum absolute atomic E-state index is 0.0244. The van der Waals surface area contributed by atoms with E-state index >= 15 is 0 Å². The molecule has 2 heterocycles. The molecule has 0 saturated carbocycles.